The van der Waals surface area contributed by atoms with E-state index < -0.39 is 0 Å². The molecule has 2 N–H and O–H groups in total. The number of hydrogen-bond donors (Lipinski definition) is 1. The van der Waals surface area contributed by atoms with Gasteiger partial charge in [0, 0.05) is 18.2 Å². The van der Waals surface area contributed by atoms with Crippen molar-refractivity contribution in [1.29, 1.82) is 0 Å². The molecule has 1 heterocycles. The first-order chi connectivity index (χ1) is 8.60. The van der Waals surface area contributed by atoms with Crippen LogP contribution in [0.3, 0.4) is 0 Å². The summed E-state index contributed by atoms with van der Waals surface area (Å²) in [6.45, 7) is 0. The first kappa shape index (κ1) is 12.8. The number of anilines is 1. The lowest BCUT2D eigenvalue weighted by atomic mass is 10.1. The van der Waals surface area contributed by atoms with Crippen LogP contribution >= 0.6 is 15.9 Å². The van der Waals surface area contributed by atoms with Crippen LogP contribution < -0.4 is 15.2 Å². The molecular formula is C12H14BrN3O2. The van der Waals surface area contributed by atoms with Crippen LogP contribution in [0.1, 0.15) is 0 Å². The summed E-state index contributed by atoms with van der Waals surface area (Å²) in [5, 5.41) is 4.13. The van der Waals surface area contributed by atoms with Gasteiger partial charge in [-0.05, 0) is 28.1 Å². The van der Waals surface area contributed by atoms with Crippen LogP contribution in [0, 0.1) is 0 Å². The van der Waals surface area contributed by atoms with Crippen molar-refractivity contribution in [1.82, 2.24) is 9.78 Å². The van der Waals surface area contributed by atoms with Crippen molar-refractivity contribution in [3.8, 4) is 22.6 Å². The van der Waals surface area contributed by atoms with Crippen molar-refractivity contribution in [2.45, 2.75) is 0 Å². The molecule has 1 aromatic heterocycles. The standard InChI is InChI=1S/C12H14BrN3O2/c1-16-12(14)8(6-15-16)7-4-5-9(17-2)10(13)11(7)18-3/h4-6H,14H2,1-3H3. The molecule has 0 aliphatic heterocycles. The van der Waals surface area contributed by atoms with Crippen LogP contribution in [0.15, 0.2) is 22.8 Å². The van der Waals surface area contributed by atoms with E-state index in [1.54, 1.807) is 32.1 Å². The summed E-state index contributed by atoms with van der Waals surface area (Å²) >= 11 is 3.46. The topological polar surface area (TPSA) is 62.3 Å². The van der Waals surface area contributed by atoms with Gasteiger partial charge in [0.1, 0.15) is 21.8 Å². The molecule has 0 fully saturated rings. The lowest BCUT2D eigenvalue weighted by molar-refractivity contribution is 0.390. The second kappa shape index (κ2) is 4.89. The molecule has 96 valence electrons. The number of hydrogen-bond acceptors (Lipinski definition) is 4. The average molecular weight is 312 g/mol. The number of nitrogens with two attached hydrogens (primary N) is 1. The Labute approximate surface area is 114 Å². The predicted molar refractivity (Wildman–Crippen MR) is 73.9 cm³/mol. The van der Waals surface area contributed by atoms with E-state index in [0.717, 1.165) is 15.6 Å². The van der Waals surface area contributed by atoms with Crippen LogP contribution in [0.2, 0.25) is 0 Å². The van der Waals surface area contributed by atoms with Gasteiger partial charge in [-0.25, -0.2) is 0 Å². The smallest absolute Gasteiger partial charge is 0.144 e. The average Bonchev–Trinajstić information content (AvgIpc) is 2.69. The number of benzene rings is 1. The van der Waals surface area contributed by atoms with E-state index in [9.17, 15) is 0 Å². The van der Waals surface area contributed by atoms with Gasteiger partial charge in [-0.15, -0.1) is 0 Å². The lowest BCUT2D eigenvalue weighted by Crippen LogP contribution is -1.99. The maximum atomic E-state index is 5.98. The molecule has 1 aromatic carbocycles. The summed E-state index contributed by atoms with van der Waals surface area (Å²) in [6, 6.07) is 3.75. The minimum Gasteiger partial charge on any atom is -0.495 e. The quantitative estimate of drug-likeness (QED) is 0.945. The Hall–Kier alpha value is -1.69. The van der Waals surface area contributed by atoms with Gasteiger partial charge in [0.05, 0.1) is 20.4 Å². The third kappa shape index (κ3) is 1.92. The summed E-state index contributed by atoms with van der Waals surface area (Å²) in [7, 11) is 5.01. The largest absolute Gasteiger partial charge is 0.495 e. The van der Waals surface area contributed by atoms with Crippen molar-refractivity contribution in [3.63, 3.8) is 0 Å². The third-order valence-electron chi connectivity index (χ3n) is 2.76. The highest BCUT2D eigenvalue weighted by molar-refractivity contribution is 9.10. The van der Waals surface area contributed by atoms with E-state index in [1.807, 2.05) is 12.1 Å². The van der Waals surface area contributed by atoms with Gasteiger partial charge < -0.3 is 15.2 Å². The fourth-order valence-corrected chi connectivity index (χ4v) is 2.43. The van der Waals surface area contributed by atoms with Gasteiger partial charge in [0.25, 0.3) is 0 Å². The van der Waals surface area contributed by atoms with Crippen LogP contribution in [-0.4, -0.2) is 24.0 Å². The van der Waals surface area contributed by atoms with Gasteiger partial charge in [-0.2, -0.15) is 5.10 Å². The molecule has 0 spiro atoms. The summed E-state index contributed by atoms with van der Waals surface area (Å²) < 4.78 is 13.0. The van der Waals surface area contributed by atoms with Gasteiger partial charge >= 0.3 is 0 Å². The molecule has 0 aliphatic carbocycles. The zero-order valence-electron chi connectivity index (χ0n) is 10.4. The molecule has 0 radical (unpaired) electrons. The minimum absolute atomic E-state index is 0.588. The summed E-state index contributed by atoms with van der Waals surface area (Å²) in [6.07, 6.45) is 1.71. The number of aryl methyl sites for hydroxylation is 1. The van der Waals surface area contributed by atoms with Gasteiger partial charge in [-0.1, -0.05) is 0 Å². The lowest BCUT2D eigenvalue weighted by Gasteiger charge is -2.13. The number of ether oxygens (including phenoxy) is 2. The fourth-order valence-electron chi connectivity index (χ4n) is 1.76. The number of rotatable bonds is 3. The molecule has 6 heteroatoms. The molecule has 5 nitrogen and oxygen atoms in total. The Morgan fingerprint density at radius 1 is 1.22 bits per heavy atom. The van der Waals surface area contributed by atoms with Crippen LogP contribution in [-0.2, 0) is 7.05 Å². The second-order valence-corrected chi connectivity index (χ2v) is 4.52. The fraction of sp³-hybridized carbons (Fsp3) is 0.250. The zero-order valence-corrected chi connectivity index (χ0v) is 12.0. The van der Waals surface area contributed by atoms with Crippen molar-refractivity contribution >= 4 is 21.7 Å². The Balaban J connectivity index is 2.65. The molecule has 0 saturated carbocycles. The second-order valence-electron chi connectivity index (χ2n) is 3.73. The summed E-state index contributed by atoms with van der Waals surface area (Å²) in [5.74, 6) is 1.97. The molecule has 18 heavy (non-hydrogen) atoms. The number of nitrogens with zero attached hydrogens (tertiary/aromatic N) is 2. The third-order valence-corrected chi connectivity index (χ3v) is 3.51. The summed E-state index contributed by atoms with van der Waals surface area (Å²) in [5.41, 5.74) is 7.68. The van der Waals surface area contributed by atoms with Crippen LogP contribution in [0.5, 0.6) is 11.5 Å². The number of nitrogen functional groups attached to an aromatic ring is 1. The number of halogens is 1. The molecule has 0 atom stereocenters. The van der Waals surface area contributed by atoms with E-state index in [2.05, 4.69) is 21.0 Å². The van der Waals surface area contributed by atoms with Gasteiger partial charge in [-0.3, -0.25) is 4.68 Å². The van der Waals surface area contributed by atoms with Crippen LogP contribution in [0.25, 0.3) is 11.1 Å². The van der Waals surface area contributed by atoms with Crippen molar-refractivity contribution in [2.75, 3.05) is 20.0 Å². The molecule has 2 aromatic rings. The minimum atomic E-state index is 0.588. The van der Waals surface area contributed by atoms with E-state index >= 15 is 0 Å². The molecule has 0 aliphatic rings. The highest BCUT2D eigenvalue weighted by Gasteiger charge is 2.17. The Morgan fingerprint density at radius 2 is 1.94 bits per heavy atom. The van der Waals surface area contributed by atoms with Crippen molar-refractivity contribution in [2.24, 2.45) is 7.05 Å². The molecule has 0 amide bonds. The Bertz CT molecular complexity index is 581. The van der Waals surface area contributed by atoms with E-state index in [1.165, 1.54) is 0 Å². The maximum absolute atomic E-state index is 5.98. The monoisotopic (exact) mass is 311 g/mol. The first-order valence-electron chi connectivity index (χ1n) is 5.28. The molecule has 0 saturated heterocycles. The molecule has 0 unspecified atom stereocenters. The molecule has 0 bridgehead atoms. The molecular weight excluding hydrogens is 298 g/mol. The molecule has 2 rings (SSSR count). The highest BCUT2D eigenvalue weighted by atomic mass is 79.9. The van der Waals surface area contributed by atoms with Crippen LogP contribution in [0.4, 0.5) is 5.82 Å². The Kier molecular flexibility index (Phi) is 3.47. The van der Waals surface area contributed by atoms with Gasteiger partial charge in [0.15, 0.2) is 0 Å². The summed E-state index contributed by atoms with van der Waals surface area (Å²) in [4.78, 5) is 0. The normalized spacial score (nSPS) is 10.4. The first-order valence-corrected chi connectivity index (χ1v) is 6.07. The predicted octanol–water partition coefficient (Wildman–Crippen LogP) is 2.45. The SMILES string of the molecule is COc1ccc(-c2cnn(C)c2N)c(OC)c1Br. The Morgan fingerprint density at radius 3 is 2.44 bits per heavy atom. The van der Waals surface area contributed by atoms with Crippen molar-refractivity contribution < 1.29 is 9.47 Å². The van der Waals surface area contributed by atoms with Gasteiger partial charge in [0.2, 0.25) is 0 Å². The van der Waals surface area contributed by atoms with E-state index in [-0.39, 0.29) is 0 Å². The van der Waals surface area contributed by atoms with E-state index in [4.69, 9.17) is 15.2 Å². The van der Waals surface area contributed by atoms with E-state index in [0.29, 0.717) is 17.3 Å². The maximum Gasteiger partial charge on any atom is 0.144 e. The number of methoxy groups -OCH3 is 2. The number of aromatic nitrogens is 2. The highest BCUT2D eigenvalue weighted by Crippen LogP contribution is 2.43. The zero-order chi connectivity index (χ0) is 13.3. The van der Waals surface area contributed by atoms with Crippen molar-refractivity contribution in [3.05, 3.63) is 22.8 Å².